The molecule has 18 heavy (non-hydrogen) atoms. The minimum Gasteiger partial charge on any atom is -0.373 e. The maximum absolute atomic E-state index is 12.3. The van der Waals surface area contributed by atoms with Crippen molar-refractivity contribution in [1.82, 2.24) is 4.90 Å². The van der Waals surface area contributed by atoms with Gasteiger partial charge in [-0.05, 0) is 37.0 Å². The van der Waals surface area contributed by atoms with Gasteiger partial charge in [-0.25, -0.2) is 0 Å². The summed E-state index contributed by atoms with van der Waals surface area (Å²) in [6, 6.07) is 0. The first-order valence-electron chi connectivity index (χ1n) is 7.21. The first-order valence-corrected chi connectivity index (χ1v) is 7.75. The van der Waals surface area contributed by atoms with Crippen LogP contribution >= 0.6 is 11.6 Å². The number of fused-ring (bicyclic) bond motifs is 2. The Bertz CT molecular complexity index is 323. The zero-order valence-electron chi connectivity index (χ0n) is 10.8. The van der Waals surface area contributed by atoms with Crippen molar-refractivity contribution in [2.45, 2.75) is 38.2 Å². The van der Waals surface area contributed by atoms with Crippen molar-refractivity contribution in [3.05, 3.63) is 0 Å². The van der Waals surface area contributed by atoms with Crippen LogP contribution in [0, 0.1) is 17.8 Å². The van der Waals surface area contributed by atoms with Crippen LogP contribution in [0.3, 0.4) is 0 Å². The average molecular weight is 272 g/mol. The number of hydrogen-bond acceptors (Lipinski definition) is 2. The van der Waals surface area contributed by atoms with Crippen LogP contribution in [0.5, 0.6) is 0 Å². The van der Waals surface area contributed by atoms with Crippen molar-refractivity contribution < 1.29 is 9.53 Å². The van der Waals surface area contributed by atoms with E-state index in [0.717, 1.165) is 24.8 Å². The molecule has 1 amide bonds. The first kappa shape index (κ1) is 12.7. The molecule has 2 bridgehead atoms. The highest BCUT2D eigenvalue weighted by molar-refractivity contribution is 6.18. The summed E-state index contributed by atoms with van der Waals surface area (Å²) in [7, 11) is 0. The molecule has 3 fully saturated rings. The third-order valence-electron chi connectivity index (χ3n) is 4.98. The van der Waals surface area contributed by atoms with Crippen LogP contribution in [0.2, 0.25) is 0 Å². The molecule has 0 N–H and O–H groups in total. The van der Waals surface area contributed by atoms with Crippen LogP contribution in [0.25, 0.3) is 0 Å². The Morgan fingerprint density at radius 1 is 1.33 bits per heavy atom. The van der Waals surface area contributed by atoms with E-state index in [2.05, 4.69) is 0 Å². The predicted octanol–water partition coefficient (Wildman–Crippen LogP) is 2.28. The Balaban J connectivity index is 1.52. The fraction of sp³-hybridized carbons (Fsp3) is 0.929. The minimum atomic E-state index is 0.0318. The highest BCUT2D eigenvalue weighted by atomic mass is 35.5. The normalized spacial score (nSPS) is 39.3. The van der Waals surface area contributed by atoms with Gasteiger partial charge in [0.25, 0.3) is 0 Å². The molecule has 4 unspecified atom stereocenters. The third kappa shape index (κ3) is 2.53. The van der Waals surface area contributed by atoms with Crippen LogP contribution in [0.1, 0.15) is 32.1 Å². The lowest BCUT2D eigenvalue weighted by molar-refractivity contribution is -0.139. The van der Waals surface area contributed by atoms with Gasteiger partial charge in [0, 0.05) is 19.5 Å². The Kier molecular flexibility index (Phi) is 3.81. The standard InChI is InChI=1S/C14H22ClNO2/c15-8-13-9-16(3-4-18-13)14(17)7-12-6-10-1-2-11(12)5-10/h10-13H,1-9H2. The van der Waals surface area contributed by atoms with Gasteiger partial charge >= 0.3 is 0 Å². The molecule has 1 heterocycles. The SMILES string of the molecule is O=C(CC1CC2CCC1C2)N1CCOC(CCl)C1. The second-order valence-corrected chi connectivity index (χ2v) is 6.43. The average Bonchev–Trinajstić information content (AvgIpc) is 3.01. The molecule has 102 valence electrons. The third-order valence-corrected chi connectivity index (χ3v) is 5.33. The molecule has 3 nitrogen and oxygen atoms in total. The fourth-order valence-electron chi connectivity index (χ4n) is 4.02. The predicted molar refractivity (Wildman–Crippen MR) is 70.6 cm³/mol. The number of halogens is 1. The molecule has 0 aromatic rings. The van der Waals surface area contributed by atoms with Crippen molar-refractivity contribution in [2.75, 3.05) is 25.6 Å². The highest BCUT2D eigenvalue weighted by Gasteiger charge is 2.40. The van der Waals surface area contributed by atoms with Crippen LogP contribution < -0.4 is 0 Å². The number of rotatable bonds is 3. The zero-order chi connectivity index (χ0) is 12.5. The number of carbonyl (C=O) groups is 1. The lowest BCUT2D eigenvalue weighted by Gasteiger charge is -2.33. The monoisotopic (exact) mass is 271 g/mol. The van der Waals surface area contributed by atoms with Crippen molar-refractivity contribution in [3.8, 4) is 0 Å². The molecule has 0 aromatic heterocycles. The van der Waals surface area contributed by atoms with Crippen LogP contribution in [-0.2, 0) is 9.53 Å². The van der Waals surface area contributed by atoms with Crippen molar-refractivity contribution >= 4 is 17.5 Å². The molecule has 0 aromatic carbocycles. The summed E-state index contributed by atoms with van der Waals surface area (Å²) in [5.74, 6) is 3.23. The van der Waals surface area contributed by atoms with Gasteiger partial charge in [-0.3, -0.25) is 4.79 Å². The molecule has 2 aliphatic carbocycles. The first-order chi connectivity index (χ1) is 8.76. The number of carbonyl (C=O) groups excluding carboxylic acids is 1. The van der Waals surface area contributed by atoms with E-state index in [1.807, 2.05) is 4.90 Å². The van der Waals surface area contributed by atoms with Gasteiger partial charge < -0.3 is 9.64 Å². The van der Waals surface area contributed by atoms with Gasteiger partial charge in [-0.15, -0.1) is 11.6 Å². The number of nitrogens with zero attached hydrogens (tertiary/aromatic N) is 1. The van der Waals surface area contributed by atoms with Crippen molar-refractivity contribution in [3.63, 3.8) is 0 Å². The Morgan fingerprint density at radius 3 is 2.89 bits per heavy atom. The second kappa shape index (κ2) is 5.38. The van der Waals surface area contributed by atoms with Gasteiger partial charge in [-0.2, -0.15) is 0 Å². The summed E-state index contributed by atoms with van der Waals surface area (Å²) in [5.41, 5.74) is 0. The molecule has 0 radical (unpaired) electrons. The van der Waals surface area contributed by atoms with Gasteiger partial charge in [0.05, 0.1) is 18.6 Å². The van der Waals surface area contributed by atoms with E-state index in [4.69, 9.17) is 16.3 Å². The summed E-state index contributed by atoms with van der Waals surface area (Å²) in [5, 5.41) is 0. The van der Waals surface area contributed by atoms with E-state index in [9.17, 15) is 4.79 Å². The topological polar surface area (TPSA) is 29.5 Å². The molecule has 4 heteroatoms. The van der Waals surface area contributed by atoms with Gasteiger partial charge in [-0.1, -0.05) is 6.42 Å². The van der Waals surface area contributed by atoms with Crippen molar-refractivity contribution in [1.29, 1.82) is 0 Å². The molecule has 3 rings (SSSR count). The number of morpholine rings is 1. The Hall–Kier alpha value is -0.280. The lowest BCUT2D eigenvalue weighted by atomic mass is 9.86. The molecule has 0 spiro atoms. The molecule has 4 atom stereocenters. The minimum absolute atomic E-state index is 0.0318. The van der Waals surface area contributed by atoms with Gasteiger partial charge in [0.1, 0.15) is 0 Å². The second-order valence-electron chi connectivity index (χ2n) is 6.13. The van der Waals surface area contributed by atoms with Crippen LogP contribution in [-0.4, -0.2) is 42.5 Å². The van der Waals surface area contributed by atoms with E-state index in [1.165, 1.54) is 25.7 Å². The molecular weight excluding hydrogens is 250 g/mol. The van der Waals surface area contributed by atoms with E-state index in [0.29, 0.717) is 30.9 Å². The largest absolute Gasteiger partial charge is 0.373 e. The van der Waals surface area contributed by atoms with E-state index in [-0.39, 0.29) is 6.10 Å². The van der Waals surface area contributed by atoms with Gasteiger partial charge in [0.15, 0.2) is 0 Å². The molecule has 2 saturated carbocycles. The maximum atomic E-state index is 12.3. The molecule has 1 saturated heterocycles. The Labute approximate surface area is 114 Å². The van der Waals surface area contributed by atoms with Crippen LogP contribution in [0.15, 0.2) is 0 Å². The highest BCUT2D eigenvalue weighted by Crippen LogP contribution is 2.49. The zero-order valence-corrected chi connectivity index (χ0v) is 11.6. The van der Waals surface area contributed by atoms with E-state index < -0.39 is 0 Å². The summed E-state index contributed by atoms with van der Waals surface area (Å²) < 4.78 is 5.50. The number of amides is 1. The summed E-state index contributed by atoms with van der Waals surface area (Å²) in [6.07, 6.45) is 6.22. The van der Waals surface area contributed by atoms with E-state index >= 15 is 0 Å². The summed E-state index contributed by atoms with van der Waals surface area (Å²) in [6.45, 7) is 2.07. The quantitative estimate of drug-likeness (QED) is 0.737. The van der Waals surface area contributed by atoms with Crippen LogP contribution in [0.4, 0.5) is 0 Å². The smallest absolute Gasteiger partial charge is 0.223 e. The van der Waals surface area contributed by atoms with Crippen molar-refractivity contribution in [2.24, 2.45) is 17.8 Å². The lowest BCUT2D eigenvalue weighted by Crippen LogP contribution is -2.46. The van der Waals surface area contributed by atoms with Gasteiger partial charge in [0.2, 0.25) is 5.91 Å². The number of ether oxygens (including phenoxy) is 1. The maximum Gasteiger partial charge on any atom is 0.223 e. The molecular formula is C14H22ClNO2. The Morgan fingerprint density at radius 2 is 2.22 bits per heavy atom. The summed E-state index contributed by atoms with van der Waals surface area (Å²) >= 11 is 5.81. The fourth-order valence-corrected chi connectivity index (χ4v) is 4.21. The number of hydrogen-bond donors (Lipinski definition) is 0. The molecule has 1 aliphatic heterocycles. The number of alkyl halides is 1. The van der Waals surface area contributed by atoms with E-state index in [1.54, 1.807) is 0 Å². The summed E-state index contributed by atoms with van der Waals surface area (Å²) in [4.78, 5) is 14.3. The molecule has 3 aliphatic rings.